The molecule has 0 saturated heterocycles. The second-order valence-corrected chi connectivity index (χ2v) is 4.12. The van der Waals surface area contributed by atoms with Gasteiger partial charge in [-0.15, -0.1) is 0 Å². The van der Waals surface area contributed by atoms with E-state index >= 15 is 0 Å². The zero-order valence-electron chi connectivity index (χ0n) is 10.4. The van der Waals surface area contributed by atoms with E-state index in [4.69, 9.17) is 5.26 Å². The molecular formula is C14H7F5N2. The molecule has 0 saturated carbocycles. The average Bonchev–Trinajstić information content (AvgIpc) is 2.41. The normalized spacial score (nSPS) is 11.2. The third kappa shape index (κ3) is 2.84. The lowest BCUT2D eigenvalue weighted by Crippen LogP contribution is -2.11. The van der Waals surface area contributed by atoms with E-state index in [1.54, 1.807) is 6.07 Å². The number of pyridine rings is 1. The highest BCUT2D eigenvalue weighted by atomic mass is 19.4. The molecule has 108 valence electrons. The monoisotopic (exact) mass is 298 g/mol. The van der Waals surface area contributed by atoms with Crippen LogP contribution in [0, 0.1) is 23.0 Å². The molecule has 0 amide bonds. The van der Waals surface area contributed by atoms with Gasteiger partial charge in [-0.05, 0) is 18.2 Å². The van der Waals surface area contributed by atoms with E-state index in [2.05, 4.69) is 4.98 Å². The van der Waals surface area contributed by atoms with Gasteiger partial charge in [-0.25, -0.2) is 8.78 Å². The molecule has 0 N–H and O–H groups in total. The van der Waals surface area contributed by atoms with Crippen molar-refractivity contribution in [1.29, 1.82) is 5.26 Å². The van der Waals surface area contributed by atoms with Gasteiger partial charge in [-0.2, -0.15) is 18.4 Å². The number of nitrogens with zero attached hydrogens (tertiary/aromatic N) is 2. The minimum absolute atomic E-state index is 0.386. The second kappa shape index (κ2) is 5.48. The van der Waals surface area contributed by atoms with Crippen molar-refractivity contribution in [3.8, 4) is 17.3 Å². The summed E-state index contributed by atoms with van der Waals surface area (Å²) in [5, 5.41) is 8.69. The van der Waals surface area contributed by atoms with Crippen LogP contribution in [0.1, 0.15) is 11.1 Å². The van der Waals surface area contributed by atoms with Crippen molar-refractivity contribution in [2.24, 2.45) is 0 Å². The Morgan fingerprint density at radius 1 is 1.14 bits per heavy atom. The maximum Gasteiger partial charge on any atom is 0.416 e. The van der Waals surface area contributed by atoms with Crippen LogP contribution >= 0.6 is 0 Å². The van der Waals surface area contributed by atoms with E-state index in [0.717, 1.165) is 24.4 Å². The number of nitriles is 1. The largest absolute Gasteiger partial charge is 0.416 e. The summed E-state index contributed by atoms with van der Waals surface area (Å²) in [5.41, 5.74) is -2.36. The molecule has 0 atom stereocenters. The molecule has 0 spiro atoms. The second-order valence-electron chi connectivity index (χ2n) is 4.12. The summed E-state index contributed by atoms with van der Waals surface area (Å²) >= 11 is 0. The summed E-state index contributed by atoms with van der Waals surface area (Å²) < 4.78 is 65.8. The van der Waals surface area contributed by atoms with Crippen LogP contribution < -0.4 is 0 Å². The van der Waals surface area contributed by atoms with Crippen LogP contribution in [-0.2, 0) is 12.6 Å². The van der Waals surface area contributed by atoms with Gasteiger partial charge in [0.2, 0.25) is 0 Å². The maximum atomic E-state index is 13.8. The number of halogens is 5. The van der Waals surface area contributed by atoms with Crippen LogP contribution in [0.4, 0.5) is 22.0 Å². The minimum atomic E-state index is -4.71. The molecule has 2 aromatic rings. The molecule has 1 heterocycles. The topological polar surface area (TPSA) is 36.7 Å². The van der Waals surface area contributed by atoms with Crippen molar-refractivity contribution < 1.29 is 22.0 Å². The lowest BCUT2D eigenvalue weighted by Gasteiger charge is -2.14. The molecule has 0 aliphatic heterocycles. The molecule has 21 heavy (non-hydrogen) atoms. The van der Waals surface area contributed by atoms with Gasteiger partial charge in [-0.1, -0.05) is 6.07 Å². The van der Waals surface area contributed by atoms with E-state index < -0.39 is 40.9 Å². The maximum absolute atomic E-state index is 13.8. The van der Waals surface area contributed by atoms with Crippen molar-refractivity contribution in [2.45, 2.75) is 12.6 Å². The third-order valence-corrected chi connectivity index (χ3v) is 2.82. The summed E-state index contributed by atoms with van der Waals surface area (Å²) in [5.74, 6) is -2.50. The van der Waals surface area contributed by atoms with E-state index in [1.807, 2.05) is 0 Å². The quantitative estimate of drug-likeness (QED) is 0.782. The number of hydrogen-bond acceptors (Lipinski definition) is 2. The lowest BCUT2D eigenvalue weighted by molar-refractivity contribution is -0.138. The van der Waals surface area contributed by atoms with Gasteiger partial charge in [0, 0.05) is 17.3 Å². The van der Waals surface area contributed by atoms with Crippen LogP contribution in [0.25, 0.3) is 11.3 Å². The zero-order valence-corrected chi connectivity index (χ0v) is 10.4. The molecular weight excluding hydrogens is 291 g/mol. The fourth-order valence-corrected chi connectivity index (χ4v) is 1.93. The van der Waals surface area contributed by atoms with Gasteiger partial charge in [-0.3, -0.25) is 4.98 Å². The number of alkyl halides is 3. The van der Waals surface area contributed by atoms with Gasteiger partial charge < -0.3 is 0 Å². The summed E-state index contributed by atoms with van der Waals surface area (Å²) in [6.07, 6.45) is -4.48. The molecule has 0 aliphatic rings. The van der Waals surface area contributed by atoms with Gasteiger partial charge in [0.1, 0.15) is 0 Å². The Hall–Kier alpha value is -2.49. The highest BCUT2D eigenvalue weighted by molar-refractivity contribution is 5.66. The fourth-order valence-electron chi connectivity index (χ4n) is 1.93. The average molecular weight is 298 g/mol. The fraction of sp³-hybridized carbons (Fsp3) is 0.143. The Kier molecular flexibility index (Phi) is 3.89. The number of benzene rings is 1. The first-order valence-corrected chi connectivity index (χ1v) is 5.72. The van der Waals surface area contributed by atoms with Crippen LogP contribution in [-0.4, -0.2) is 4.98 Å². The molecule has 0 fully saturated rings. The predicted octanol–water partition coefficient (Wildman–Crippen LogP) is 4.11. The van der Waals surface area contributed by atoms with Crippen molar-refractivity contribution in [3.05, 3.63) is 53.2 Å². The van der Waals surface area contributed by atoms with Crippen molar-refractivity contribution >= 4 is 0 Å². The molecule has 1 aromatic carbocycles. The first-order valence-electron chi connectivity index (χ1n) is 5.72. The summed E-state index contributed by atoms with van der Waals surface area (Å²) in [7, 11) is 0. The summed E-state index contributed by atoms with van der Waals surface area (Å²) in [6.45, 7) is 0. The Morgan fingerprint density at radius 2 is 1.86 bits per heavy atom. The van der Waals surface area contributed by atoms with Gasteiger partial charge in [0.15, 0.2) is 11.6 Å². The van der Waals surface area contributed by atoms with Gasteiger partial charge >= 0.3 is 6.18 Å². The third-order valence-electron chi connectivity index (χ3n) is 2.82. The Balaban J connectivity index is 2.75. The number of hydrogen-bond donors (Lipinski definition) is 0. The van der Waals surface area contributed by atoms with Crippen molar-refractivity contribution in [1.82, 2.24) is 4.98 Å². The highest BCUT2D eigenvalue weighted by Gasteiger charge is 2.35. The summed E-state index contributed by atoms with van der Waals surface area (Å²) in [6, 6.07) is 5.40. The van der Waals surface area contributed by atoms with Crippen LogP contribution in [0.2, 0.25) is 0 Å². The molecule has 0 unspecified atom stereocenters. The van der Waals surface area contributed by atoms with Gasteiger partial charge in [0.05, 0.1) is 23.7 Å². The molecule has 0 aliphatic carbocycles. The van der Waals surface area contributed by atoms with Crippen molar-refractivity contribution in [2.75, 3.05) is 0 Å². The minimum Gasteiger partial charge on any atom is -0.256 e. The van der Waals surface area contributed by atoms with Gasteiger partial charge in [0.25, 0.3) is 0 Å². The van der Waals surface area contributed by atoms with E-state index in [-0.39, 0.29) is 5.69 Å². The van der Waals surface area contributed by atoms with Crippen LogP contribution in [0.15, 0.2) is 30.5 Å². The Labute approximate surface area is 116 Å². The lowest BCUT2D eigenvalue weighted by atomic mass is 9.98. The SMILES string of the molecule is N#CCc1c(C(F)(F)F)ccnc1-c1cccc(F)c1F. The predicted molar refractivity (Wildman–Crippen MR) is 63.9 cm³/mol. The first kappa shape index (κ1) is 14.9. The smallest absolute Gasteiger partial charge is 0.256 e. The Bertz CT molecular complexity index is 716. The number of rotatable bonds is 2. The summed E-state index contributed by atoms with van der Waals surface area (Å²) in [4.78, 5) is 3.69. The Morgan fingerprint density at radius 3 is 2.48 bits per heavy atom. The van der Waals surface area contributed by atoms with Crippen molar-refractivity contribution in [3.63, 3.8) is 0 Å². The molecule has 2 nitrogen and oxygen atoms in total. The number of aromatic nitrogens is 1. The molecule has 0 radical (unpaired) electrons. The molecule has 0 bridgehead atoms. The van der Waals surface area contributed by atoms with Crippen LogP contribution in [0.3, 0.4) is 0 Å². The van der Waals surface area contributed by atoms with E-state index in [1.165, 1.54) is 0 Å². The zero-order chi connectivity index (χ0) is 15.6. The first-order chi connectivity index (χ1) is 9.86. The highest BCUT2D eigenvalue weighted by Crippen LogP contribution is 2.36. The van der Waals surface area contributed by atoms with E-state index in [0.29, 0.717) is 6.07 Å². The molecule has 2 rings (SSSR count). The molecule has 7 heteroatoms. The van der Waals surface area contributed by atoms with E-state index in [9.17, 15) is 22.0 Å². The van der Waals surface area contributed by atoms with Crippen LogP contribution in [0.5, 0.6) is 0 Å². The molecule has 1 aromatic heterocycles. The standard InChI is InChI=1S/C14H7F5N2/c15-11-3-1-2-9(12(11)16)13-8(4-6-20)10(5-7-21-13)14(17,18)19/h1-3,5,7H,4H2.